The highest BCUT2D eigenvalue weighted by molar-refractivity contribution is 5.84. The van der Waals surface area contributed by atoms with Gasteiger partial charge in [-0.2, -0.15) is 0 Å². The van der Waals surface area contributed by atoms with Crippen molar-refractivity contribution in [1.82, 2.24) is 10.3 Å². The van der Waals surface area contributed by atoms with Crippen LogP contribution in [0.1, 0.15) is 42.9 Å². The van der Waals surface area contributed by atoms with E-state index in [1.54, 1.807) is 0 Å². The third kappa shape index (κ3) is 3.55. The fraction of sp³-hybridized carbons (Fsp3) is 0.476. The summed E-state index contributed by atoms with van der Waals surface area (Å²) in [5, 5.41) is 4.75. The standard InChI is InChI=1S/C21H27N3O/c22-13-16(11-15-5-3-9-23-14-15)18-12-20(21-8-4-10-25-21)24-19-7-2-1-6-17(18)19/h1-2,6-8,12,15-16,23H,3-5,9-11,13-14,22H2. The molecule has 3 N–H and O–H groups in total. The van der Waals surface area contributed by atoms with Crippen molar-refractivity contribution in [2.45, 2.75) is 31.6 Å². The quantitative estimate of drug-likeness (QED) is 0.877. The molecular formula is C21H27N3O. The fourth-order valence-electron chi connectivity index (χ4n) is 4.14. The molecule has 1 saturated heterocycles. The second-order valence-corrected chi connectivity index (χ2v) is 7.20. The molecule has 4 heteroatoms. The molecule has 2 aliphatic rings. The van der Waals surface area contributed by atoms with E-state index < -0.39 is 0 Å². The Balaban J connectivity index is 1.72. The van der Waals surface area contributed by atoms with Crippen molar-refractivity contribution in [3.63, 3.8) is 0 Å². The minimum Gasteiger partial charge on any atom is -0.491 e. The van der Waals surface area contributed by atoms with Crippen LogP contribution < -0.4 is 11.1 Å². The first-order valence-corrected chi connectivity index (χ1v) is 9.49. The summed E-state index contributed by atoms with van der Waals surface area (Å²) in [7, 11) is 0. The first kappa shape index (κ1) is 16.6. The Kier molecular flexibility index (Phi) is 4.99. The van der Waals surface area contributed by atoms with E-state index in [0.717, 1.165) is 49.5 Å². The van der Waals surface area contributed by atoms with Gasteiger partial charge in [0.25, 0.3) is 0 Å². The predicted octanol–water partition coefficient (Wildman–Crippen LogP) is 3.43. The minimum absolute atomic E-state index is 0.360. The fourth-order valence-corrected chi connectivity index (χ4v) is 4.14. The number of nitrogens with one attached hydrogen (secondary N) is 1. The molecule has 2 aliphatic heterocycles. The summed E-state index contributed by atoms with van der Waals surface area (Å²) in [6.07, 6.45) is 6.81. The Labute approximate surface area is 149 Å². The number of hydrogen-bond donors (Lipinski definition) is 2. The van der Waals surface area contributed by atoms with Gasteiger partial charge in [-0.3, -0.25) is 0 Å². The zero-order chi connectivity index (χ0) is 17.1. The van der Waals surface area contributed by atoms with Crippen LogP contribution in [0.15, 0.2) is 36.4 Å². The number of para-hydroxylation sites is 1. The zero-order valence-corrected chi connectivity index (χ0v) is 14.7. The Bertz CT molecular complexity index is 765. The van der Waals surface area contributed by atoms with Gasteiger partial charge < -0.3 is 15.8 Å². The van der Waals surface area contributed by atoms with Crippen LogP contribution >= 0.6 is 0 Å². The first-order chi connectivity index (χ1) is 12.3. The summed E-state index contributed by atoms with van der Waals surface area (Å²) in [6.45, 7) is 3.69. The van der Waals surface area contributed by atoms with Crippen molar-refractivity contribution in [3.8, 4) is 0 Å². The van der Waals surface area contributed by atoms with Gasteiger partial charge in [0.1, 0.15) is 11.5 Å². The number of piperidine rings is 1. The van der Waals surface area contributed by atoms with Gasteiger partial charge in [-0.1, -0.05) is 18.2 Å². The van der Waals surface area contributed by atoms with Crippen LogP contribution in [-0.4, -0.2) is 31.2 Å². The van der Waals surface area contributed by atoms with Gasteiger partial charge >= 0.3 is 0 Å². The van der Waals surface area contributed by atoms with Gasteiger partial charge in [0, 0.05) is 11.8 Å². The highest BCUT2D eigenvalue weighted by atomic mass is 16.5. The summed E-state index contributed by atoms with van der Waals surface area (Å²) in [5.41, 5.74) is 9.54. The van der Waals surface area contributed by atoms with Gasteiger partial charge in [-0.15, -0.1) is 0 Å². The SMILES string of the molecule is NCC(CC1CCCNC1)c1cc(C2=CCCO2)nc2ccccc12. The van der Waals surface area contributed by atoms with E-state index in [2.05, 4.69) is 41.7 Å². The Hall–Kier alpha value is -1.91. The van der Waals surface area contributed by atoms with Crippen molar-refractivity contribution in [1.29, 1.82) is 0 Å². The smallest absolute Gasteiger partial charge is 0.141 e. The van der Waals surface area contributed by atoms with Gasteiger partial charge in [0.05, 0.1) is 12.1 Å². The van der Waals surface area contributed by atoms with Crippen molar-refractivity contribution in [3.05, 3.63) is 47.7 Å². The van der Waals surface area contributed by atoms with Crippen LogP contribution in [0.25, 0.3) is 16.7 Å². The van der Waals surface area contributed by atoms with Crippen LogP contribution in [0.5, 0.6) is 0 Å². The van der Waals surface area contributed by atoms with Crippen molar-refractivity contribution in [2.24, 2.45) is 11.7 Å². The molecule has 0 aliphatic carbocycles. The molecule has 2 aromatic rings. The van der Waals surface area contributed by atoms with E-state index in [1.807, 2.05) is 0 Å². The second kappa shape index (κ2) is 7.54. The van der Waals surface area contributed by atoms with Crippen molar-refractivity contribution >= 4 is 16.7 Å². The van der Waals surface area contributed by atoms with E-state index >= 15 is 0 Å². The number of benzene rings is 1. The molecular weight excluding hydrogens is 310 g/mol. The summed E-state index contributed by atoms with van der Waals surface area (Å²) in [6, 6.07) is 10.6. The number of aromatic nitrogens is 1. The average molecular weight is 337 g/mol. The van der Waals surface area contributed by atoms with Crippen LogP contribution in [0.2, 0.25) is 0 Å². The van der Waals surface area contributed by atoms with Crippen molar-refractivity contribution < 1.29 is 4.74 Å². The molecule has 3 heterocycles. The molecule has 132 valence electrons. The van der Waals surface area contributed by atoms with Gasteiger partial charge in [-0.05, 0) is 74.5 Å². The molecule has 2 atom stereocenters. The maximum Gasteiger partial charge on any atom is 0.141 e. The lowest BCUT2D eigenvalue weighted by Crippen LogP contribution is -2.31. The topological polar surface area (TPSA) is 60.2 Å². The Morgan fingerprint density at radius 2 is 2.24 bits per heavy atom. The lowest BCUT2D eigenvalue weighted by atomic mass is 9.83. The summed E-state index contributed by atoms with van der Waals surface area (Å²) < 4.78 is 5.76. The minimum atomic E-state index is 0.360. The summed E-state index contributed by atoms with van der Waals surface area (Å²) in [4.78, 5) is 4.83. The molecule has 1 fully saturated rings. The first-order valence-electron chi connectivity index (χ1n) is 9.49. The third-order valence-electron chi connectivity index (χ3n) is 5.45. The maximum atomic E-state index is 6.23. The third-order valence-corrected chi connectivity index (χ3v) is 5.45. The number of nitrogens with two attached hydrogens (primary N) is 1. The molecule has 0 saturated carbocycles. The summed E-state index contributed by atoms with van der Waals surface area (Å²) in [5.74, 6) is 1.99. The Morgan fingerprint density at radius 1 is 1.32 bits per heavy atom. The van der Waals surface area contributed by atoms with E-state index in [1.165, 1.54) is 23.8 Å². The number of rotatable bonds is 5. The molecule has 2 unspecified atom stereocenters. The molecule has 4 rings (SSSR count). The van der Waals surface area contributed by atoms with Gasteiger partial charge in [0.2, 0.25) is 0 Å². The maximum absolute atomic E-state index is 6.23. The Morgan fingerprint density at radius 3 is 3.00 bits per heavy atom. The molecule has 4 nitrogen and oxygen atoms in total. The summed E-state index contributed by atoms with van der Waals surface area (Å²) >= 11 is 0. The van der Waals surface area contributed by atoms with E-state index in [-0.39, 0.29) is 0 Å². The lowest BCUT2D eigenvalue weighted by Gasteiger charge is -2.27. The molecule has 0 radical (unpaired) electrons. The van der Waals surface area contributed by atoms with Crippen LogP contribution in [0, 0.1) is 5.92 Å². The van der Waals surface area contributed by atoms with Crippen LogP contribution in [0.3, 0.4) is 0 Å². The number of pyridine rings is 1. The lowest BCUT2D eigenvalue weighted by molar-refractivity contribution is 0.306. The largest absolute Gasteiger partial charge is 0.491 e. The molecule has 0 spiro atoms. The highest BCUT2D eigenvalue weighted by Gasteiger charge is 2.22. The average Bonchev–Trinajstić information content (AvgIpc) is 3.21. The van der Waals surface area contributed by atoms with Gasteiger partial charge in [-0.25, -0.2) is 4.98 Å². The number of fused-ring (bicyclic) bond motifs is 1. The molecule has 0 bridgehead atoms. The van der Waals surface area contributed by atoms with E-state index in [9.17, 15) is 0 Å². The molecule has 25 heavy (non-hydrogen) atoms. The zero-order valence-electron chi connectivity index (χ0n) is 14.7. The normalized spacial score (nSPS) is 21.8. The molecule has 0 amide bonds. The monoisotopic (exact) mass is 337 g/mol. The molecule has 1 aromatic heterocycles. The number of hydrogen-bond acceptors (Lipinski definition) is 4. The second-order valence-electron chi connectivity index (χ2n) is 7.20. The number of nitrogens with zero attached hydrogens (tertiary/aromatic N) is 1. The molecule has 1 aromatic carbocycles. The van der Waals surface area contributed by atoms with E-state index in [4.69, 9.17) is 15.5 Å². The van der Waals surface area contributed by atoms with E-state index in [0.29, 0.717) is 18.4 Å². The van der Waals surface area contributed by atoms with Gasteiger partial charge in [0.15, 0.2) is 0 Å². The van der Waals surface area contributed by atoms with Crippen LogP contribution in [0.4, 0.5) is 0 Å². The highest BCUT2D eigenvalue weighted by Crippen LogP contribution is 2.33. The van der Waals surface area contributed by atoms with Crippen LogP contribution in [-0.2, 0) is 4.74 Å². The van der Waals surface area contributed by atoms with Crippen molar-refractivity contribution in [2.75, 3.05) is 26.2 Å². The number of ether oxygens (including phenoxy) is 1. The predicted molar refractivity (Wildman–Crippen MR) is 102 cm³/mol.